The van der Waals surface area contributed by atoms with Gasteiger partial charge in [0, 0.05) is 4.91 Å². The van der Waals surface area contributed by atoms with E-state index in [1.165, 1.54) is 0 Å². The molecule has 0 fully saturated rings. The molecule has 1 amide bonds. The molecule has 0 spiro atoms. The van der Waals surface area contributed by atoms with Crippen molar-refractivity contribution >= 4 is 12.1 Å². The van der Waals surface area contributed by atoms with Gasteiger partial charge in [-0.2, -0.15) is 0 Å². The number of rotatable bonds is 5. The summed E-state index contributed by atoms with van der Waals surface area (Å²) >= 11 is 0. The lowest BCUT2D eigenvalue weighted by atomic mass is 10.6. The van der Waals surface area contributed by atoms with Gasteiger partial charge in [-0.3, -0.25) is 4.79 Å². The minimum absolute atomic E-state index is 0.0248. The van der Waals surface area contributed by atoms with E-state index in [2.05, 4.69) is 14.8 Å². The third kappa shape index (κ3) is 7.95. The van der Waals surface area contributed by atoms with Gasteiger partial charge in [-0.25, -0.2) is 4.79 Å². The zero-order valence-electron chi connectivity index (χ0n) is 6.63. The molecule has 72 valence electrons. The highest BCUT2D eigenvalue weighted by Gasteiger charge is 2.02. The number of azide groups is 1. The molecule has 0 saturated carbocycles. The van der Waals surface area contributed by atoms with Crippen LogP contribution in [0.15, 0.2) is 5.11 Å². The highest BCUT2D eigenvalue weighted by Crippen LogP contribution is 1.79. The van der Waals surface area contributed by atoms with Crippen LogP contribution in [0.3, 0.4) is 0 Å². The summed E-state index contributed by atoms with van der Waals surface area (Å²) < 4.78 is 4.42. The van der Waals surface area contributed by atoms with Crippen LogP contribution in [0.25, 0.3) is 10.4 Å². The number of hydrogen-bond acceptors (Lipinski definition) is 4. The van der Waals surface area contributed by atoms with Crippen molar-refractivity contribution in [1.82, 2.24) is 5.32 Å². The van der Waals surface area contributed by atoms with Gasteiger partial charge in [0.25, 0.3) is 0 Å². The molecule has 0 aliphatic rings. The second kappa shape index (κ2) is 6.74. The topological polar surface area (TPSA) is 124 Å². The highest BCUT2D eigenvalue weighted by atomic mass is 16.5. The Hall–Kier alpha value is -1.95. The maximum Gasteiger partial charge on any atom is 0.407 e. The Bertz CT molecular complexity index is 235. The summed E-state index contributed by atoms with van der Waals surface area (Å²) in [7, 11) is 0. The van der Waals surface area contributed by atoms with Gasteiger partial charge in [-0.1, -0.05) is 5.11 Å². The lowest BCUT2D eigenvalue weighted by molar-refractivity contribution is -0.135. The van der Waals surface area contributed by atoms with Crippen LogP contribution in [0.4, 0.5) is 4.79 Å². The third-order valence-corrected chi connectivity index (χ3v) is 0.872. The van der Waals surface area contributed by atoms with Crippen LogP contribution < -0.4 is 5.32 Å². The van der Waals surface area contributed by atoms with Gasteiger partial charge in [-0.05, 0) is 5.53 Å². The molecule has 0 bridgehead atoms. The van der Waals surface area contributed by atoms with Gasteiger partial charge < -0.3 is 15.2 Å². The van der Waals surface area contributed by atoms with Gasteiger partial charge in [0.1, 0.15) is 6.54 Å². The second-order valence-corrected chi connectivity index (χ2v) is 1.84. The fourth-order valence-corrected chi connectivity index (χ4v) is 0.423. The van der Waals surface area contributed by atoms with Crippen molar-refractivity contribution in [3.8, 4) is 0 Å². The smallest absolute Gasteiger partial charge is 0.407 e. The first-order chi connectivity index (χ1) is 6.16. The zero-order chi connectivity index (χ0) is 10.1. The molecule has 0 radical (unpaired) electrons. The molecule has 13 heavy (non-hydrogen) atoms. The average molecular weight is 188 g/mol. The zero-order valence-corrected chi connectivity index (χ0v) is 6.63. The van der Waals surface area contributed by atoms with E-state index in [0.717, 1.165) is 0 Å². The van der Waals surface area contributed by atoms with Crippen LogP contribution >= 0.6 is 0 Å². The quantitative estimate of drug-likeness (QED) is 0.275. The number of alkyl carbamates (subject to hydrolysis) is 1. The number of carboxylic acid groups (broad SMARTS) is 1. The lowest BCUT2D eigenvalue weighted by Crippen LogP contribution is -2.30. The van der Waals surface area contributed by atoms with Crippen LogP contribution in [0.5, 0.6) is 0 Å². The van der Waals surface area contributed by atoms with Crippen LogP contribution in [-0.4, -0.2) is 36.9 Å². The number of amides is 1. The summed E-state index contributed by atoms with van der Waals surface area (Å²) in [5.74, 6) is -1.16. The van der Waals surface area contributed by atoms with Gasteiger partial charge >= 0.3 is 12.1 Å². The van der Waals surface area contributed by atoms with E-state index in [1.54, 1.807) is 0 Å². The molecule has 0 aliphatic carbocycles. The molecular weight excluding hydrogens is 180 g/mol. The van der Waals surface area contributed by atoms with E-state index in [9.17, 15) is 9.59 Å². The van der Waals surface area contributed by atoms with Gasteiger partial charge in [-0.15, -0.1) is 0 Å². The van der Waals surface area contributed by atoms with Crippen LogP contribution in [0.2, 0.25) is 0 Å². The number of ether oxygens (including phenoxy) is 1. The van der Waals surface area contributed by atoms with E-state index < -0.39 is 18.6 Å². The molecule has 8 heteroatoms. The predicted molar refractivity (Wildman–Crippen MR) is 41.0 cm³/mol. The van der Waals surface area contributed by atoms with Crippen molar-refractivity contribution in [2.75, 3.05) is 19.7 Å². The Balaban J connectivity index is 3.40. The van der Waals surface area contributed by atoms with Crippen LogP contribution in [0, 0.1) is 0 Å². The first kappa shape index (κ1) is 11.1. The standard InChI is InChI=1S/C5H8N4O4/c6-9-8-1-2-13-5(12)7-3-4(10)11/h1-3H2,(H,7,12)(H,10,11). The maximum absolute atomic E-state index is 10.6. The van der Waals surface area contributed by atoms with E-state index >= 15 is 0 Å². The molecule has 0 aromatic carbocycles. The summed E-state index contributed by atoms with van der Waals surface area (Å²) in [4.78, 5) is 22.9. The maximum atomic E-state index is 10.6. The Morgan fingerprint density at radius 3 is 2.85 bits per heavy atom. The van der Waals surface area contributed by atoms with E-state index in [-0.39, 0.29) is 13.2 Å². The molecular formula is C5H8N4O4. The van der Waals surface area contributed by atoms with Crippen molar-refractivity contribution in [3.63, 3.8) is 0 Å². The van der Waals surface area contributed by atoms with E-state index in [1.807, 2.05) is 5.32 Å². The van der Waals surface area contributed by atoms with Crippen LogP contribution in [0.1, 0.15) is 0 Å². The van der Waals surface area contributed by atoms with Crippen molar-refractivity contribution < 1.29 is 19.4 Å². The number of nitrogens with zero attached hydrogens (tertiary/aromatic N) is 3. The SMILES string of the molecule is [N-]=[N+]=NCCOC(=O)NCC(=O)O. The summed E-state index contributed by atoms with van der Waals surface area (Å²) in [6.07, 6.45) is -0.851. The molecule has 0 heterocycles. The molecule has 2 N–H and O–H groups in total. The number of carbonyl (C=O) groups excluding carboxylic acids is 1. The highest BCUT2D eigenvalue weighted by molar-refractivity contribution is 5.76. The molecule has 8 nitrogen and oxygen atoms in total. The first-order valence-electron chi connectivity index (χ1n) is 3.30. The largest absolute Gasteiger partial charge is 0.480 e. The minimum Gasteiger partial charge on any atom is -0.480 e. The van der Waals surface area contributed by atoms with Gasteiger partial charge in [0.15, 0.2) is 0 Å². The third-order valence-electron chi connectivity index (χ3n) is 0.872. The molecule has 0 aliphatic heterocycles. The summed E-state index contributed by atoms with van der Waals surface area (Å²) in [5, 5.41) is 13.2. The number of carbonyl (C=O) groups is 2. The monoisotopic (exact) mass is 188 g/mol. The normalized spacial score (nSPS) is 8.31. The summed E-state index contributed by atoms with van der Waals surface area (Å²) in [5.41, 5.74) is 7.83. The van der Waals surface area contributed by atoms with Crippen molar-refractivity contribution in [2.45, 2.75) is 0 Å². The first-order valence-corrected chi connectivity index (χ1v) is 3.30. The number of carboxylic acids is 1. The summed E-state index contributed by atoms with van der Waals surface area (Å²) in [6.45, 7) is -0.549. The number of nitrogens with one attached hydrogen (secondary N) is 1. The van der Waals surface area contributed by atoms with Crippen molar-refractivity contribution in [1.29, 1.82) is 0 Å². The number of hydrogen-bond donors (Lipinski definition) is 2. The Morgan fingerprint density at radius 1 is 1.62 bits per heavy atom. The molecule has 0 saturated heterocycles. The van der Waals surface area contributed by atoms with Crippen molar-refractivity contribution in [3.05, 3.63) is 10.4 Å². The van der Waals surface area contributed by atoms with E-state index in [0.29, 0.717) is 0 Å². The molecule has 0 aromatic rings. The Kier molecular flexibility index (Phi) is 5.73. The van der Waals surface area contributed by atoms with Gasteiger partial charge in [0.2, 0.25) is 0 Å². The molecule has 0 rings (SSSR count). The van der Waals surface area contributed by atoms with Crippen LogP contribution in [-0.2, 0) is 9.53 Å². The van der Waals surface area contributed by atoms with Gasteiger partial charge in [0.05, 0.1) is 13.2 Å². The fraction of sp³-hybridized carbons (Fsp3) is 0.600. The fourth-order valence-electron chi connectivity index (χ4n) is 0.423. The Morgan fingerprint density at radius 2 is 2.31 bits per heavy atom. The second-order valence-electron chi connectivity index (χ2n) is 1.84. The Labute approximate surface area is 73.1 Å². The molecule has 0 atom stereocenters. The molecule has 0 unspecified atom stereocenters. The van der Waals surface area contributed by atoms with Crippen molar-refractivity contribution in [2.24, 2.45) is 5.11 Å². The van der Waals surface area contributed by atoms with E-state index in [4.69, 9.17) is 10.6 Å². The molecule has 0 aromatic heterocycles. The number of aliphatic carboxylic acids is 1. The average Bonchev–Trinajstić information content (AvgIpc) is 2.09. The lowest BCUT2D eigenvalue weighted by Gasteiger charge is -2.02. The minimum atomic E-state index is -1.16. The summed E-state index contributed by atoms with van der Waals surface area (Å²) in [6, 6.07) is 0. The predicted octanol–water partition coefficient (Wildman–Crippen LogP) is 0.107.